The van der Waals surface area contributed by atoms with E-state index >= 15 is 0 Å². The maximum absolute atomic E-state index is 12.6. The smallest absolute Gasteiger partial charge is 0.277 e. The summed E-state index contributed by atoms with van der Waals surface area (Å²) in [6.45, 7) is 2.54. The quantitative estimate of drug-likeness (QED) is 0.567. The van der Waals surface area contributed by atoms with Crippen LogP contribution in [0.1, 0.15) is 11.6 Å². The average molecular weight is 420 g/mol. The van der Waals surface area contributed by atoms with Gasteiger partial charge in [0.2, 0.25) is 11.8 Å². The molecule has 152 valence electrons. The van der Waals surface area contributed by atoms with Gasteiger partial charge in [-0.1, -0.05) is 60.3 Å². The molecule has 1 unspecified atom stereocenters. The zero-order chi connectivity index (χ0) is 20.8. The zero-order valence-electron chi connectivity index (χ0n) is 16.3. The van der Waals surface area contributed by atoms with Crippen LogP contribution < -0.4 is 0 Å². The largest absolute Gasteiger partial charge is 0.411 e. The number of hydrogen-bond acceptors (Lipinski definition) is 7. The summed E-state index contributed by atoms with van der Waals surface area (Å²) in [5.74, 6) is 0.728. The second-order valence-electron chi connectivity index (χ2n) is 6.89. The van der Waals surface area contributed by atoms with Crippen molar-refractivity contribution in [3.63, 3.8) is 0 Å². The Morgan fingerprint density at radius 3 is 2.37 bits per heavy atom. The van der Waals surface area contributed by atoms with E-state index in [1.165, 1.54) is 11.8 Å². The number of aromatic nitrogens is 2. The van der Waals surface area contributed by atoms with Crippen molar-refractivity contribution in [2.24, 2.45) is 0 Å². The van der Waals surface area contributed by atoms with Crippen molar-refractivity contribution in [2.45, 2.75) is 11.3 Å². The first-order valence-corrected chi connectivity index (χ1v) is 10.7. The van der Waals surface area contributed by atoms with E-state index in [-0.39, 0.29) is 17.7 Å². The minimum atomic E-state index is -0.285. The SMILES string of the molecule is N#CC(c1ccccc1)N1CCN(C(=O)CSc2nnc(-c3ccccc3)o2)CC1. The van der Waals surface area contributed by atoms with E-state index in [4.69, 9.17) is 4.42 Å². The van der Waals surface area contributed by atoms with Crippen LogP contribution in [0.4, 0.5) is 0 Å². The van der Waals surface area contributed by atoms with E-state index < -0.39 is 0 Å². The first-order valence-electron chi connectivity index (χ1n) is 9.72. The van der Waals surface area contributed by atoms with Crippen LogP contribution in [0.3, 0.4) is 0 Å². The summed E-state index contributed by atoms with van der Waals surface area (Å²) in [5.41, 5.74) is 1.84. The summed E-state index contributed by atoms with van der Waals surface area (Å²) in [6.07, 6.45) is 0. The van der Waals surface area contributed by atoms with Crippen molar-refractivity contribution in [1.82, 2.24) is 20.0 Å². The van der Waals surface area contributed by atoms with Crippen LogP contribution >= 0.6 is 11.8 Å². The van der Waals surface area contributed by atoms with Crippen molar-refractivity contribution in [2.75, 3.05) is 31.9 Å². The molecule has 8 heteroatoms. The lowest BCUT2D eigenvalue weighted by Crippen LogP contribution is -2.50. The van der Waals surface area contributed by atoms with E-state index in [9.17, 15) is 10.1 Å². The molecule has 0 bridgehead atoms. The molecule has 1 aliphatic rings. The molecule has 1 aromatic heterocycles. The van der Waals surface area contributed by atoms with Crippen molar-refractivity contribution in [3.8, 4) is 17.5 Å². The lowest BCUT2D eigenvalue weighted by atomic mass is 10.1. The van der Waals surface area contributed by atoms with Gasteiger partial charge in [0.1, 0.15) is 6.04 Å². The first kappa shape index (κ1) is 20.1. The molecule has 1 aliphatic heterocycles. The molecule has 3 aromatic rings. The Kier molecular flexibility index (Phi) is 6.42. The molecule has 1 atom stereocenters. The number of thioether (sulfide) groups is 1. The van der Waals surface area contributed by atoms with Gasteiger partial charge in [0, 0.05) is 31.7 Å². The number of rotatable bonds is 6. The van der Waals surface area contributed by atoms with E-state index in [2.05, 4.69) is 21.2 Å². The van der Waals surface area contributed by atoms with Gasteiger partial charge in [-0.25, -0.2) is 0 Å². The highest BCUT2D eigenvalue weighted by Gasteiger charge is 2.27. The number of nitrogens with zero attached hydrogens (tertiary/aromatic N) is 5. The number of nitriles is 1. The molecule has 0 aliphatic carbocycles. The zero-order valence-corrected chi connectivity index (χ0v) is 17.2. The van der Waals surface area contributed by atoms with Gasteiger partial charge in [-0.15, -0.1) is 10.2 Å². The molecule has 0 saturated carbocycles. The molecule has 2 aromatic carbocycles. The van der Waals surface area contributed by atoms with Gasteiger partial charge in [-0.3, -0.25) is 9.69 Å². The highest BCUT2D eigenvalue weighted by Crippen LogP contribution is 2.24. The molecular weight excluding hydrogens is 398 g/mol. The predicted molar refractivity (Wildman–Crippen MR) is 113 cm³/mol. The molecule has 7 nitrogen and oxygen atoms in total. The van der Waals surface area contributed by atoms with Gasteiger partial charge in [0.15, 0.2) is 0 Å². The fourth-order valence-corrected chi connectivity index (χ4v) is 4.08. The van der Waals surface area contributed by atoms with E-state index in [1.807, 2.05) is 65.6 Å². The van der Waals surface area contributed by atoms with Crippen LogP contribution in [0.2, 0.25) is 0 Å². The molecule has 1 saturated heterocycles. The van der Waals surface area contributed by atoms with Crippen molar-refractivity contribution < 1.29 is 9.21 Å². The second kappa shape index (κ2) is 9.57. The van der Waals surface area contributed by atoms with Crippen molar-refractivity contribution in [1.29, 1.82) is 5.26 Å². The Morgan fingerprint density at radius 2 is 1.70 bits per heavy atom. The van der Waals surface area contributed by atoms with E-state index in [0.29, 0.717) is 37.3 Å². The molecule has 0 radical (unpaired) electrons. The summed E-state index contributed by atoms with van der Waals surface area (Å²) in [6, 6.07) is 21.4. The highest BCUT2D eigenvalue weighted by atomic mass is 32.2. The van der Waals surface area contributed by atoms with Crippen LogP contribution in [-0.2, 0) is 4.79 Å². The monoisotopic (exact) mass is 419 g/mol. The Morgan fingerprint density at radius 1 is 1.03 bits per heavy atom. The minimum absolute atomic E-state index is 0.0346. The molecule has 30 heavy (non-hydrogen) atoms. The third kappa shape index (κ3) is 4.70. The molecule has 1 fully saturated rings. The Balaban J connectivity index is 1.28. The van der Waals surface area contributed by atoms with Gasteiger partial charge in [-0.2, -0.15) is 5.26 Å². The molecule has 4 rings (SSSR count). The van der Waals surface area contributed by atoms with Crippen molar-refractivity contribution >= 4 is 17.7 Å². The topological polar surface area (TPSA) is 86.3 Å². The summed E-state index contributed by atoms with van der Waals surface area (Å²) in [7, 11) is 0. The number of amides is 1. The Hall–Kier alpha value is -3.15. The Bertz CT molecular complexity index is 1010. The fourth-order valence-electron chi connectivity index (χ4n) is 3.41. The minimum Gasteiger partial charge on any atom is -0.411 e. The van der Waals surface area contributed by atoms with Gasteiger partial charge < -0.3 is 9.32 Å². The second-order valence-corrected chi connectivity index (χ2v) is 7.81. The number of benzene rings is 2. The molecule has 1 amide bonds. The van der Waals surface area contributed by atoms with Crippen LogP contribution in [-0.4, -0.2) is 57.8 Å². The maximum atomic E-state index is 12.6. The third-order valence-corrected chi connectivity index (χ3v) is 5.82. The number of carbonyl (C=O) groups is 1. The number of carbonyl (C=O) groups excluding carboxylic acids is 1. The normalized spacial score (nSPS) is 15.5. The summed E-state index contributed by atoms with van der Waals surface area (Å²) in [5, 5.41) is 18.1. The highest BCUT2D eigenvalue weighted by molar-refractivity contribution is 7.99. The van der Waals surface area contributed by atoms with Gasteiger partial charge in [0.05, 0.1) is 11.8 Å². The average Bonchev–Trinajstić information content (AvgIpc) is 3.29. The molecule has 2 heterocycles. The molecule has 0 spiro atoms. The van der Waals surface area contributed by atoms with Crippen LogP contribution in [0, 0.1) is 11.3 Å². The standard InChI is InChI=1S/C22H21N5O2S/c23-15-19(17-7-3-1-4-8-17)26-11-13-27(14-12-26)20(28)16-30-22-25-24-21(29-22)18-9-5-2-6-10-18/h1-10,19H,11-14,16H2. The predicted octanol–water partition coefficient (Wildman–Crippen LogP) is 3.24. The summed E-state index contributed by atoms with van der Waals surface area (Å²) >= 11 is 1.25. The third-order valence-electron chi connectivity index (χ3n) is 5.02. The molecule has 0 N–H and O–H groups in total. The van der Waals surface area contributed by atoms with E-state index in [1.54, 1.807) is 0 Å². The maximum Gasteiger partial charge on any atom is 0.277 e. The molecular formula is C22H21N5O2S. The van der Waals surface area contributed by atoms with Gasteiger partial charge >= 0.3 is 0 Å². The van der Waals surface area contributed by atoms with Gasteiger partial charge in [0.25, 0.3) is 5.22 Å². The summed E-state index contributed by atoms with van der Waals surface area (Å²) < 4.78 is 5.65. The van der Waals surface area contributed by atoms with Crippen molar-refractivity contribution in [3.05, 3.63) is 66.2 Å². The fraction of sp³-hybridized carbons (Fsp3) is 0.273. The number of piperazine rings is 1. The van der Waals surface area contributed by atoms with Crippen LogP contribution in [0.15, 0.2) is 70.3 Å². The summed E-state index contributed by atoms with van der Waals surface area (Å²) in [4.78, 5) is 16.5. The van der Waals surface area contributed by atoms with Crippen LogP contribution in [0.25, 0.3) is 11.5 Å². The first-order chi connectivity index (χ1) is 14.7. The number of hydrogen-bond donors (Lipinski definition) is 0. The van der Waals surface area contributed by atoms with Gasteiger partial charge in [-0.05, 0) is 17.7 Å². The van der Waals surface area contributed by atoms with E-state index in [0.717, 1.165) is 11.1 Å². The lowest BCUT2D eigenvalue weighted by Gasteiger charge is -2.37. The Labute approximate surface area is 179 Å². The lowest BCUT2D eigenvalue weighted by molar-refractivity contribution is -0.130. The van der Waals surface area contributed by atoms with Crippen LogP contribution in [0.5, 0.6) is 0 Å².